The zero-order chi connectivity index (χ0) is 38.0. The van der Waals surface area contributed by atoms with Crippen molar-refractivity contribution in [1.82, 2.24) is 0 Å². The number of aliphatic hydroxyl groups is 3. The number of fused-ring (bicyclic) bond motifs is 5. The van der Waals surface area contributed by atoms with Gasteiger partial charge in [0.15, 0.2) is 19.0 Å². The second-order valence-electron chi connectivity index (χ2n) is 16.4. The lowest BCUT2D eigenvalue weighted by molar-refractivity contribution is -0.163. The molecule has 3 saturated carbocycles. The normalized spacial score (nSPS) is 35.4. The molecule has 0 amide bonds. The van der Waals surface area contributed by atoms with Crippen molar-refractivity contribution in [1.29, 1.82) is 0 Å². The molecular weight excluding hydrogens is 682 g/mol. The van der Waals surface area contributed by atoms with Gasteiger partial charge in [0.25, 0.3) is 5.92 Å². The van der Waals surface area contributed by atoms with E-state index in [1.807, 2.05) is 25.2 Å². The van der Waals surface area contributed by atoms with Crippen molar-refractivity contribution in [3.05, 3.63) is 77.9 Å². The number of ether oxygens (including phenoxy) is 2. The Hall–Kier alpha value is -3.47. The monoisotopic (exact) mass is 736 g/mol. The lowest BCUT2D eigenvalue weighted by Gasteiger charge is -2.54. The maximum absolute atomic E-state index is 14.5. The first-order valence-corrected chi connectivity index (χ1v) is 19.3. The van der Waals surface area contributed by atoms with Gasteiger partial charge in [-0.3, -0.25) is 14.4 Å². The van der Waals surface area contributed by atoms with Crippen LogP contribution in [0.15, 0.2) is 77.9 Å². The second-order valence-corrected chi connectivity index (χ2v) is 16.4. The molecule has 0 bridgehead atoms. The molecule has 0 spiro atoms. The summed E-state index contributed by atoms with van der Waals surface area (Å²) in [5.74, 6) is -4.42. The van der Waals surface area contributed by atoms with Gasteiger partial charge in [0.1, 0.15) is 11.4 Å². The number of carbonyl (C=O) groups is 3. The molecule has 5 aliphatic carbocycles. The van der Waals surface area contributed by atoms with Crippen LogP contribution in [0.2, 0.25) is 0 Å². The molecule has 8 nitrogen and oxygen atoms in total. The highest BCUT2D eigenvalue weighted by Crippen LogP contribution is 2.65. The van der Waals surface area contributed by atoms with Crippen LogP contribution in [-0.2, 0) is 19.1 Å². The van der Waals surface area contributed by atoms with Gasteiger partial charge in [0.2, 0.25) is 5.78 Å². The lowest BCUT2D eigenvalue weighted by Crippen LogP contribution is -2.55. The van der Waals surface area contributed by atoms with Crippen LogP contribution >= 0.6 is 0 Å². The molecule has 6 rings (SSSR count). The fourth-order valence-electron chi connectivity index (χ4n) is 10.1. The van der Waals surface area contributed by atoms with Crippen molar-refractivity contribution in [2.75, 3.05) is 13.2 Å². The Kier molecular flexibility index (Phi) is 11.6. The average Bonchev–Trinajstić information content (AvgIpc) is 3.57. The van der Waals surface area contributed by atoms with Gasteiger partial charge < -0.3 is 24.8 Å². The summed E-state index contributed by atoms with van der Waals surface area (Å²) in [5.41, 5.74) is 0.202. The summed E-state index contributed by atoms with van der Waals surface area (Å²) >= 11 is 0. The molecule has 10 heteroatoms. The van der Waals surface area contributed by atoms with Crippen LogP contribution in [0, 0.1) is 34.5 Å². The zero-order valence-electron chi connectivity index (χ0n) is 30.9. The van der Waals surface area contributed by atoms with E-state index in [9.17, 15) is 38.5 Å². The molecule has 0 radical (unpaired) electrons. The van der Waals surface area contributed by atoms with Crippen LogP contribution in [0.25, 0.3) is 0 Å². The number of esters is 1. The summed E-state index contributed by atoms with van der Waals surface area (Å²) in [6.45, 7) is 2.92. The molecule has 288 valence electrons. The van der Waals surface area contributed by atoms with E-state index in [-0.39, 0.29) is 35.9 Å². The van der Waals surface area contributed by atoms with Gasteiger partial charge in [-0.15, -0.1) is 0 Å². The molecule has 3 fully saturated rings. The van der Waals surface area contributed by atoms with Crippen molar-refractivity contribution in [3.63, 3.8) is 0 Å². The van der Waals surface area contributed by atoms with E-state index < -0.39 is 65.9 Å². The average molecular weight is 737 g/mol. The molecule has 9 atom stereocenters. The van der Waals surface area contributed by atoms with E-state index in [0.29, 0.717) is 44.3 Å². The van der Waals surface area contributed by atoms with Crippen molar-refractivity contribution in [3.8, 4) is 5.75 Å². The standard InChI is InChI=1S/C43H54F2O8/c1-40-20-16-29(46)24-28(40)14-15-33-34(40)18-21-41(2)35(33)19-23-43(41,51)38(49)26-52-39(50)13-9-4-3-8-12-31-32(37(48)25-36(31)47)17-22-42(44,45)27-53-30-10-6-5-7-11-30/h3,5-8,10-11,17-18,22,24,31-33,35-37,47-48,51H,4,9,12-16,19-21,23,25-27H2,1-2H3/b8-3-,22-17+/t31-,32-,33-,35+,36+,37-,40+,41+,43+/m1/s1. The van der Waals surface area contributed by atoms with E-state index in [4.69, 9.17) is 9.47 Å². The van der Waals surface area contributed by atoms with Crippen LogP contribution in [0.1, 0.15) is 90.9 Å². The molecule has 0 heterocycles. The predicted octanol–water partition coefficient (Wildman–Crippen LogP) is 7.03. The molecular formula is C43H54F2O8. The first-order valence-electron chi connectivity index (χ1n) is 19.3. The summed E-state index contributed by atoms with van der Waals surface area (Å²) in [7, 11) is 0. The summed E-state index contributed by atoms with van der Waals surface area (Å²) in [6.07, 6.45) is 14.2. The Bertz CT molecular complexity index is 1650. The Morgan fingerprint density at radius 3 is 2.58 bits per heavy atom. The molecule has 0 aromatic heterocycles. The minimum atomic E-state index is -3.26. The number of allylic oxidation sites excluding steroid dienone is 6. The van der Waals surface area contributed by atoms with Crippen molar-refractivity contribution in [2.45, 2.75) is 115 Å². The summed E-state index contributed by atoms with van der Waals surface area (Å²) in [6, 6.07) is 8.33. The number of rotatable bonds is 14. The van der Waals surface area contributed by atoms with Crippen molar-refractivity contribution >= 4 is 17.5 Å². The number of Topliss-reactive ketones (excluding diaryl/α,β-unsaturated/α-hetero) is 1. The number of ketones is 2. The van der Waals surface area contributed by atoms with E-state index in [1.165, 1.54) is 17.2 Å². The van der Waals surface area contributed by atoms with Crippen LogP contribution in [0.4, 0.5) is 8.78 Å². The Morgan fingerprint density at radius 1 is 1.04 bits per heavy atom. The lowest BCUT2D eigenvalue weighted by atomic mass is 9.50. The minimum absolute atomic E-state index is 0.0807. The molecule has 3 N–H and O–H groups in total. The van der Waals surface area contributed by atoms with Gasteiger partial charge in [-0.2, -0.15) is 8.78 Å². The largest absolute Gasteiger partial charge is 0.487 e. The van der Waals surface area contributed by atoms with E-state index in [2.05, 4.69) is 13.0 Å². The van der Waals surface area contributed by atoms with Crippen LogP contribution in [-0.4, -0.2) is 69.8 Å². The highest BCUT2D eigenvalue weighted by molar-refractivity contribution is 5.92. The fraction of sp³-hybridized carbons (Fsp3) is 0.605. The molecule has 1 aromatic rings. The molecule has 0 saturated heterocycles. The fourth-order valence-corrected chi connectivity index (χ4v) is 10.1. The smallest absolute Gasteiger partial charge is 0.306 e. The molecule has 1 aromatic carbocycles. The zero-order valence-corrected chi connectivity index (χ0v) is 30.9. The number of unbranched alkanes of at least 4 members (excludes halogenated alkanes) is 1. The molecule has 0 aliphatic heterocycles. The second kappa shape index (κ2) is 15.7. The van der Waals surface area contributed by atoms with E-state index in [0.717, 1.165) is 31.8 Å². The molecule has 5 aliphatic rings. The number of halogens is 2. The first kappa shape index (κ1) is 39.2. The topological polar surface area (TPSA) is 130 Å². The first-order chi connectivity index (χ1) is 25.2. The highest BCUT2D eigenvalue weighted by Gasteiger charge is 2.64. The number of hydrogen-bond acceptors (Lipinski definition) is 8. The van der Waals surface area contributed by atoms with Gasteiger partial charge in [-0.25, -0.2) is 0 Å². The van der Waals surface area contributed by atoms with Crippen LogP contribution in [0.5, 0.6) is 5.75 Å². The third-order valence-corrected chi connectivity index (χ3v) is 13.3. The van der Waals surface area contributed by atoms with Gasteiger partial charge in [-0.05, 0) is 99.8 Å². The Balaban J connectivity index is 0.943. The Labute approximate surface area is 311 Å². The number of carbonyl (C=O) groups excluding carboxylic acids is 3. The molecule has 53 heavy (non-hydrogen) atoms. The van der Waals surface area contributed by atoms with E-state index >= 15 is 0 Å². The van der Waals surface area contributed by atoms with Crippen LogP contribution in [0.3, 0.4) is 0 Å². The van der Waals surface area contributed by atoms with Gasteiger partial charge in [0, 0.05) is 36.0 Å². The SMILES string of the molecule is C[C@]12CCC(=O)C=C1CC[C@@H]1C2=CC[C@@]2(C)[C@H]1CC[C@]2(O)C(=O)COC(=O)CCC/C=C\C[C@@H]1[C@@H](/C=C/C(F)(F)COc2ccccc2)[C@H](O)C[C@@H]1O. The van der Waals surface area contributed by atoms with Gasteiger partial charge in [-0.1, -0.05) is 67.5 Å². The quantitative estimate of drug-likeness (QED) is 0.106. The highest BCUT2D eigenvalue weighted by atomic mass is 19.3. The minimum Gasteiger partial charge on any atom is -0.487 e. The summed E-state index contributed by atoms with van der Waals surface area (Å²) < 4.78 is 39.6. The third kappa shape index (κ3) is 8.01. The number of para-hydroxylation sites is 1. The van der Waals surface area contributed by atoms with Crippen molar-refractivity contribution < 1.29 is 48.0 Å². The van der Waals surface area contributed by atoms with Gasteiger partial charge >= 0.3 is 5.97 Å². The Morgan fingerprint density at radius 2 is 1.81 bits per heavy atom. The van der Waals surface area contributed by atoms with E-state index in [1.54, 1.807) is 30.3 Å². The number of alkyl halides is 2. The number of aliphatic hydroxyl groups excluding tert-OH is 2. The maximum Gasteiger partial charge on any atom is 0.306 e. The summed E-state index contributed by atoms with van der Waals surface area (Å²) in [5, 5.41) is 32.9. The van der Waals surface area contributed by atoms with Crippen molar-refractivity contribution in [2.24, 2.45) is 34.5 Å². The third-order valence-electron chi connectivity index (χ3n) is 13.3. The number of hydrogen-bond donors (Lipinski definition) is 3. The van der Waals surface area contributed by atoms with Crippen LogP contribution < -0.4 is 4.74 Å². The number of benzene rings is 1. The maximum atomic E-state index is 14.5. The molecule has 0 unspecified atom stereocenters. The summed E-state index contributed by atoms with van der Waals surface area (Å²) in [4.78, 5) is 38.3. The van der Waals surface area contributed by atoms with Gasteiger partial charge in [0.05, 0.1) is 12.2 Å². The predicted molar refractivity (Wildman–Crippen MR) is 195 cm³/mol.